The smallest absolute Gasteiger partial charge is 0.357 e. The molecule has 1 heterocycles. The summed E-state index contributed by atoms with van der Waals surface area (Å²) in [5, 5.41) is 8.74. The Kier molecular flexibility index (Phi) is 17.3. The first-order chi connectivity index (χ1) is 15.2. The van der Waals surface area contributed by atoms with Gasteiger partial charge in [0, 0.05) is 18.4 Å². The number of nitrogens with one attached hydrogen (secondary N) is 1. The van der Waals surface area contributed by atoms with Gasteiger partial charge in [-0.3, -0.25) is 0 Å². The number of esters is 1. The maximum absolute atomic E-state index is 14.5. The van der Waals surface area contributed by atoms with Crippen molar-refractivity contribution in [3.63, 3.8) is 0 Å². The molecular formula is C26H46FNO3. The van der Waals surface area contributed by atoms with E-state index in [1.54, 1.807) is 6.20 Å². The molecule has 0 radical (unpaired) electrons. The normalized spacial score (nSPS) is 11.2. The summed E-state index contributed by atoms with van der Waals surface area (Å²) in [4.78, 5) is 14.9. The molecule has 1 aromatic rings. The van der Waals surface area contributed by atoms with Gasteiger partial charge in [0.1, 0.15) is 0 Å². The van der Waals surface area contributed by atoms with E-state index < -0.39 is 11.8 Å². The number of aryl methyl sites for hydroxylation is 1. The van der Waals surface area contributed by atoms with Crippen LogP contribution in [0.15, 0.2) is 6.20 Å². The van der Waals surface area contributed by atoms with Crippen molar-refractivity contribution in [2.24, 2.45) is 0 Å². The first kappa shape index (κ1) is 27.7. The Morgan fingerprint density at radius 2 is 1.35 bits per heavy atom. The molecule has 0 atom stereocenters. The molecule has 0 saturated carbocycles. The van der Waals surface area contributed by atoms with E-state index in [1.807, 2.05) is 0 Å². The van der Waals surface area contributed by atoms with E-state index in [0.717, 1.165) is 51.4 Å². The maximum Gasteiger partial charge on any atom is 0.357 e. The van der Waals surface area contributed by atoms with Crippen molar-refractivity contribution in [2.75, 3.05) is 13.2 Å². The molecule has 0 saturated heterocycles. The largest absolute Gasteiger partial charge is 0.461 e. The fourth-order valence-corrected chi connectivity index (χ4v) is 3.91. The molecular weight excluding hydrogens is 393 g/mol. The number of hydrogen-bond acceptors (Lipinski definition) is 3. The molecule has 31 heavy (non-hydrogen) atoms. The number of rotatable bonds is 21. The number of halogens is 1. The Morgan fingerprint density at radius 1 is 0.839 bits per heavy atom. The summed E-state index contributed by atoms with van der Waals surface area (Å²) >= 11 is 0. The van der Waals surface area contributed by atoms with E-state index in [0.29, 0.717) is 18.6 Å². The quantitative estimate of drug-likeness (QED) is 0.154. The van der Waals surface area contributed by atoms with Gasteiger partial charge in [0.15, 0.2) is 11.5 Å². The Bertz CT molecular complexity index is 559. The van der Waals surface area contributed by atoms with Crippen LogP contribution < -0.4 is 0 Å². The number of carbonyl (C=O) groups is 1. The number of aromatic nitrogens is 1. The van der Waals surface area contributed by atoms with Crippen molar-refractivity contribution < 1.29 is 19.0 Å². The average molecular weight is 440 g/mol. The van der Waals surface area contributed by atoms with Crippen LogP contribution in [0.1, 0.15) is 132 Å². The summed E-state index contributed by atoms with van der Waals surface area (Å²) in [6, 6.07) is 0. The third kappa shape index (κ3) is 13.6. The highest BCUT2D eigenvalue weighted by molar-refractivity contribution is 5.88. The van der Waals surface area contributed by atoms with Crippen molar-refractivity contribution in [3.05, 3.63) is 23.3 Å². The van der Waals surface area contributed by atoms with Gasteiger partial charge in [-0.15, -0.1) is 0 Å². The number of aromatic amines is 1. The Hall–Kier alpha value is -1.36. The van der Waals surface area contributed by atoms with Crippen molar-refractivity contribution >= 4 is 5.97 Å². The number of H-pyrrole nitrogens is 1. The van der Waals surface area contributed by atoms with Crippen LogP contribution in [-0.4, -0.2) is 29.3 Å². The molecule has 4 nitrogen and oxygen atoms in total. The SMILES string of the molecule is CCCCCCCCCCCCCc1c[nH]c(C(=O)OCCCCCCCCO)c1F. The molecule has 5 heteroatoms. The van der Waals surface area contributed by atoms with Crippen LogP contribution >= 0.6 is 0 Å². The second kappa shape index (κ2) is 19.3. The zero-order valence-corrected chi connectivity index (χ0v) is 19.9. The van der Waals surface area contributed by atoms with Crippen LogP contribution in [0.5, 0.6) is 0 Å². The van der Waals surface area contributed by atoms with Crippen LogP contribution in [0.3, 0.4) is 0 Å². The number of hydrogen-bond donors (Lipinski definition) is 2. The summed E-state index contributed by atoms with van der Waals surface area (Å²) in [7, 11) is 0. The standard InChI is InChI=1S/C26H46FNO3/c1-2-3-4-5-6-7-8-9-10-13-16-19-23-22-28-25(24(23)27)26(30)31-21-18-15-12-11-14-17-20-29/h22,28-29H,2-21H2,1H3. The van der Waals surface area contributed by atoms with Crippen molar-refractivity contribution in [2.45, 2.75) is 122 Å². The monoisotopic (exact) mass is 439 g/mol. The number of unbranched alkanes of at least 4 members (excludes halogenated alkanes) is 15. The van der Waals surface area contributed by atoms with E-state index >= 15 is 0 Å². The molecule has 0 aliphatic rings. The van der Waals surface area contributed by atoms with Crippen molar-refractivity contribution in [1.82, 2.24) is 4.98 Å². The molecule has 1 aromatic heterocycles. The minimum atomic E-state index is -0.594. The van der Waals surface area contributed by atoms with Crippen LogP contribution in [0.25, 0.3) is 0 Å². The number of aliphatic hydroxyl groups excluding tert-OH is 1. The highest BCUT2D eigenvalue weighted by Crippen LogP contribution is 2.18. The lowest BCUT2D eigenvalue weighted by Gasteiger charge is -2.04. The van der Waals surface area contributed by atoms with Crippen LogP contribution in [-0.2, 0) is 11.2 Å². The second-order valence-corrected chi connectivity index (χ2v) is 8.77. The Balaban J connectivity index is 2.07. The molecule has 0 aliphatic heterocycles. The van der Waals surface area contributed by atoms with Gasteiger partial charge in [0.05, 0.1) is 6.61 Å². The van der Waals surface area contributed by atoms with Gasteiger partial charge in [-0.2, -0.15) is 0 Å². The van der Waals surface area contributed by atoms with E-state index in [1.165, 1.54) is 57.8 Å². The summed E-state index contributed by atoms with van der Waals surface area (Å²) in [5.74, 6) is -1.04. The fourth-order valence-electron chi connectivity index (χ4n) is 3.91. The van der Waals surface area contributed by atoms with Gasteiger partial charge in [-0.1, -0.05) is 96.8 Å². The zero-order chi connectivity index (χ0) is 22.6. The second-order valence-electron chi connectivity index (χ2n) is 8.77. The van der Waals surface area contributed by atoms with E-state index in [9.17, 15) is 9.18 Å². The first-order valence-electron chi connectivity index (χ1n) is 12.8. The van der Waals surface area contributed by atoms with Gasteiger partial charge in [-0.25, -0.2) is 9.18 Å². The fraction of sp³-hybridized carbons (Fsp3) is 0.808. The zero-order valence-electron chi connectivity index (χ0n) is 19.9. The molecule has 2 N–H and O–H groups in total. The Labute approximate surface area is 189 Å². The summed E-state index contributed by atoms with van der Waals surface area (Å²) < 4.78 is 19.7. The third-order valence-corrected chi connectivity index (χ3v) is 5.93. The van der Waals surface area contributed by atoms with Gasteiger partial charge in [0.2, 0.25) is 0 Å². The Morgan fingerprint density at radius 3 is 1.94 bits per heavy atom. The minimum Gasteiger partial charge on any atom is -0.461 e. The number of carbonyl (C=O) groups excluding carboxylic acids is 1. The molecule has 0 spiro atoms. The summed E-state index contributed by atoms with van der Waals surface area (Å²) in [6.45, 7) is 2.82. The lowest BCUT2D eigenvalue weighted by molar-refractivity contribution is 0.0486. The molecule has 0 bridgehead atoms. The minimum absolute atomic E-state index is 0.0407. The summed E-state index contributed by atoms with van der Waals surface area (Å²) in [6.07, 6.45) is 22.0. The maximum atomic E-state index is 14.5. The van der Waals surface area contributed by atoms with Gasteiger partial charge < -0.3 is 14.8 Å². The van der Waals surface area contributed by atoms with Gasteiger partial charge in [0.25, 0.3) is 0 Å². The average Bonchev–Trinajstić information content (AvgIpc) is 3.14. The van der Waals surface area contributed by atoms with Crippen LogP contribution in [0.2, 0.25) is 0 Å². The van der Waals surface area contributed by atoms with Gasteiger partial charge >= 0.3 is 5.97 Å². The molecule has 0 amide bonds. The van der Waals surface area contributed by atoms with E-state index in [2.05, 4.69) is 11.9 Å². The predicted molar refractivity (Wildman–Crippen MR) is 126 cm³/mol. The molecule has 180 valence electrons. The van der Waals surface area contributed by atoms with E-state index in [4.69, 9.17) is 9.84 Å². The topological polar surface area (TPSA) is 62.3 Å². The van der Waals surface area contributed by atoms with Crippen molar-refractivity contribution in [1.29, 1.82) is 0 Å². The number of ether oxygens (including phenoxy) is 1. The highest BCUT2D eigenvalue weighted by Gasteiger charge is 2.18. The van der Waals surface area contributed by atoms with E-state index in [-0.39, 0.29) is 12.3 Å². The summed E-state index contributed by atoms with van der Waals surface area (Å²) in [5.41, 5.74) is 0.549. The molecule has 0 aromatic carbocycles. The van der Waals surface area contributed by atoms with Gasteiger partial charge in [-0.05, 0) is 25.7 Å². The first-order valence-corrected chi connectivity index (χ1v) is 12.8. The molecule has 0 aliphatic carbocycles. The van der Waals surface area contributed by atoms with Crippen LogP contribution in [0.4, 0.5) is 4.39 Å². The lowest BCUT2D eigenvalue weighted by Crippen LogP contribution is -2.09. The number of aliphatic hydroxyl groups is 1. The molecule has 0 fully saturated rings. The third-order valence-electron chi connectivity index (χ3n) is 5.93. The van der Waals surface area contributed by atoms with Crippen LogP contribution in [0, 0.1) is 5.82 Å². The van der Waals surface area contributed by atoms with Crippen molar-refractivity contribution in [3.8, 4) is 0 Å². The lowest BCUT2D eigenvalue weighted by atomic mass is 10.0. The predicted octanol–water partition coefficient (Wildman–Crippen LogP) is 7.50. The highest BCUT2D eigenvalue weighted by atomic mass is 19.1. The molecule has 1 rings (SSSR count). The molecule has 0 unspecified atom stereocenters.